The lowest BCUT2D eigenvalue weighted by molar-refractivity contribution is 0.369. The number of halogens is 2. The molecule has 5 rings (SSSR count). The molecule has 162 valence electrons. The Bertz CT molecular complexity index is 1310. The van der Waals surface area contributed by atoms with Gasteiger partial charge in [-0.15, -0.1) is 0 Å². The molecule has 0 spiro atoms. The van der Waals surface area contributed by atoms with Gasteiger partial charge in [-0.25, -0.2) is 18.7 Å². The summed E-state index contributed by atoms with van der Waals surface area (Å²) >= 11 is 0. The first-order valence-electron chi connectivity index (χ1n) is 10.5. The quantitative estimate of drug-likeness (QED) is 0.402. The van der Waals surface area contributed by atoms with Crippen molar-refractivity contribution < 1.29 is 13.3 Å². The minimum atomic E-state index is -0.971. The van der Waals surface area contributed by atoms with Crippen molar-refractivity contribution in [1.29, 1.82) is 0 Å². The summed E-state index contributed by atoms with van der Waals surface area (Å²) in [6.07, 6.45) is 9.15. The fourth-order valence-corrected chi connectivity index (χ4v) is 3.61. The van der Waals surface area contributed by atoms with Gasteiger partial charge >= 0.3 is 0 Å². The SMILES string of the molecule is CCCCC1=NC=C(c2cc(Cn3cc4nc(-c5cccc(F)c5F)nc-4cn3)on2)C1. The maximum absolute atomic E-state index is 14.1. The average Bonchev–Trinajstić information content (AvgIpc) is 3.53. The lowest BCUT2D eigenvalue weighted by Crippen LogP contribution is -2.04. The number of unbranched alkanes of at least 4 members (excludes halogenated alkanes) is 1. The van der Waals surface area contributed by atoms with Crippen LogP contribution < -0.4 is 0 Å². The van der Waals surface area contributed by atoms with Crippen LogP contribution in [0.5, 0.6) is 0 Å². The Morgan fingerprint density at radius 1 is 1.12 bits per heavy atom. The molecular formula is C23H20F2N6O. The highest BCUT2D eigenvalue weighted by Gasteiger charge is 2.19. The number of nitrogens with zero attached hydrogens (tertiary/aromatic N) is 6. The third-order valence-corrected chi connectivity index (χ3v) is 5.33. The Morgan fingerprint density at radius 3 is 2.88 bits per heavy atom. The molecular weight excluding hydrogens is 414 g/mol. The molecule has 0 saturated carbocycles. The predicted molar refractivity (Wildman–Crippen MR) is 115 cm³/mol. The molecule has 32 heavy (non-hydrogen) atoms. The zero-order valence-corrected chi connectivity index (χ0v) is 17.4. The van der Waals surface area contributed by atoms with E-state index in [1.165, 1.54) is 24.0 Å². The van der Waals surface area contributed by atoms with E-state index in [9.17, 15) is 8.78 Å². The molecule has 9 heteroatoms. The van der Waals surface area contributed by atoms with Gasteiger partial charge in [0.15, 0.2) is 23.2 Å². The van der Waals surface area contributed by atoms with Crippen LogP contribution in [0, 0.1) is 11.6 Å². The fraction of sp³-hybridized carbons (Fsp3) is 0.261. The lowest BCUT2D eigenvalue weighted by atomic mass is 10.0. The highest BCUT2D eigenvalue weighted by Crippen LogP contribution is 2.28. The van der Waals surface area contributed by atoms with Gasteiger partial charge in [-0.2, -0.15) is 5.10 Å². The third-order valence-electron chi connectivity index (χ3n) is 5.33. The van der Waals surface area contributed by atoms with Crippen LogP contribution in [0.2, 0.25) is 0 Å². The number of allylic oxidation sites excluding steroid dienone is 1. The molecule has 0 fully saturated rings. The number of hydrogen-bond acceptors (Lipinski definition) is 6. The van der Waals surface area contributed by atoms with Crippen molar-refractivity contribution in [2.45, 2.75) is 39.2 Å². The van der Waals surface area contributed by atoms with Crippen molar-refractivity contribution in [2.75, 3.05) is 0 Å². The van der Waals surface area contributed by atoms with Gasteiger partial charge in [0, 0.05) is 30.0 Å². The highest BCUT2D eigenvalue weighted by molar-refractivity contribution is 5.97. The lowest BCUT2D eigenvalue weighted by Gasteiger charge is -2.03. The topological polar surface area (TPSA) is 82.0 Å². The molecule has 3 aliphatic rings. The van der Waals surface area contributed by atoms with Crippen LogP contribution in [0.3, 0.4) is 0 Å². The van der Waals surface area contributed by atoms with Crippen molar-refractivity contribution in [2.24, 2.45) is 4.99 Å². The molecule has 0 bridgehead atoms. The van der Waals surface area contributed by atoms with Gasteiger partial charge < -0.3 is 4.52 Å². The van der Waals surface area contributed by atoms with Crippen molar-refractivity contribution in [3.05, 3.63) is 65.9 Å². The molecule has 0 unspecified atom stereocenters. The molecule has 0 saturated heterocycles. The summed E-state index contributed by atoms with van der Waals surface area (Å²) in [5.41, 5.74) is 4.01. The van der Waals surface area contributed by atoms with Gasteiger partial charge in [-0.1, -0.05) is 24.6 Å². The van der Waals surface area contributed by atoms with Crippen LogP contribution in [-0.4, -0.2) is 30.6 Å². The van der Waals surface area contributed by atoms with E-state index in [4.69, 9.17) is 4.52 Å². The zero-order valence-electron chi connectivity index (χ0n) is 17.4. The molecule has 3 aliphatic heterocycles. The van der Waals surface area contributed by atoms with Crippen LogP contribution in [0.1, 0.15) is 44.1 Å². The van der Waals surface area contributed by atoms with E-state index in [1.54, 1.807) is 10.9 Å². The van der Waals surface area contributed by atoms with Gasteiger partial charge in [0.1, 0.15) is 23.6 Å². The molecule has 0 radical (unpaired) electrons. The van der Waals surface area contributed by atoms with Gasteiger partial charge in [0.05, 0.1) is 18.0 Å². The first-order chi connectivity index (χ1) is 15.6. The molecule has 1 aromatic carbocycles. The molecule has 0 amide bonds. The van der Waals surface area contributed by atoms with Crippen molar-refractivity contribution in [1.82, 2.24) is 24.9 Å². The molecule has 2 aromatic rings. The zero-order chi connectivity index (χ0) is 22.1. The van der Waals surface area contributed by atoms with Crippen molar-refractivity contribution in [3.8, 4) is 22.8 Å². The molecule has 1 aromatic heterocycles. The van der Waals surface area contributed by atoms with Crippen molar-refractivity contribution in [3.63, 3.8) is 0 Å². The minimum Gasteiger partial charge on any atom is -0.359 e. The Morgan fingerprint density at radius 2 is 2.00 bits per heavy atom. The van der Waals surface area contributed by atoms with E-state index in [0.29, 0.717) is 23.7 Å². The summed E-state index contributed by atoms with van der Waals surface area (Å²) in [6, 6.07) is 5.81. The smallest absolute Gasteiger partial charge is 0.169 e. The van der Waals surface area contributed by atoms with Crippen LogP contribution in [0.15, 0.2) is 52.4 Å². The Balaban J connectivity index is 1.32. The maximum Gasteiger partial charge on any atom is 0.169 e. The van der Waals surface area contributed by atoms with Crippen LogP contribution in [0.4, 0.5) is 8.78 Å². The monoisotopic (exact) mass is 434 g/mol. The Kier molecular flexibility index (Phi) is 5.30. The second-order valence-electron chi connectivity index (χ2n) is 7.70. The molecule has 0 atom stereocenters. The minimum absolute atomic E-state index is 0.0120. The number of rotatable bonds is 7. The van der Waals surface area contributed by atoms with E-state index in [-0.39, 0.29) is 11.4 Å². The summed E-state index contributed by atoms with van der Waals surface area (Å²) in [7, 11) is 0. The summed E-state index contributed by atoms with van der Waals surface area (Å²) < 4.78 is 34.8. The number of fused-ring (bicyclic) bond motifs is 1. The number of benzene rings is 1. The van der Waals surface area contributed by atoms with Gasteiger partial charge in [0.25, 0.3) is 0 Å². The summed E-state index contributed by atoms with van der Waals surface area (Å²) in [5, 5.41) is 8.49. The molecule has 4 heterocycles. The van der Waals surface area contributed by atoms with E-state index < -0.39 is 11.6 Å². The van der Waals surface area contributed by atoms with Gasteiger partial charge in [-0.3, -0.25) is 9.67 Å². The summed E-state index contributed by atoms with van der Waals surface area (Å²) in [6.45, 7) is 2.51. The van der Waals surface area contributed by atoms with Gasteiger partial charge in [-0.05, 0) is 25.0 Å². The van der Waals surface area contributed by atoms with Crippen LogP contribution in [-0.2, 0) is 6.54 Å². The normalized spacial score (nSPS) is 13.6. The number of aromatic nitrogens is 5. The number of hydrogen-bond donors (Lipinski definition) is 0. The standard InChI is InChI=1S/C23H20F2N6O/c1-2-3-5-15-8-14(10-26-15)19-9-16(32-30-19)12-31-13-21-20(11-27-31)28-23(29-21)17-6-4-7-18(24)22(17)25/h4,6-7,9-11,13H,2-3,5,8,12H2,1H3. The van der Waals surface area contributed by atoms with E-state index in [1.807, 2.05) is 12.3 Å². The maximum atomic E-state index is 14.1. The average molecular weight is 434 g/mol. The van der Waals surface area contributed by atoms with E-state index >= 15 is 0 Å². The second kappa shape index (κ2) is 8.41. The second-order valence-corrected chi connectivity index (χ2v) is 7.70. The van der Waals surface area contributed by atoms with E-state index in [2.05, 4.69) is 32.1 Å². The van der Waals surface area contributed by atoms with Gasteiger partial charge in [0.2, 0.25) is 0 Å². The summed E-state index contributed by atoms with van der Waals surface area (Å²) in [4.78, 5) is 13.1. The Hall–Kier alpha value is -3.75. The van der Waals surface area contributed by atoms with Crippen LogP contribution in [0.25, 0.3) is 28.3 Å². The predicted octanol–water partition coefficient (Wildman–Crippen LogP) is 5.14. The first kappa shape index (κ1) is 20.2. The molecule has 0 aliphatic carbocycles. The van der Waals surface area contributed by atoms with E-state index in [0.717, 1.165) is 43.0 Å². The largest absolute Gasteiger partial charge is 0.359 e. The van der Waals surface area contributed by atoms with Crippen molar-refractivity contribution >= 4 is 11.3 Å². The molecule has 0 N–H and O–H groups in total. The third kappa shape index (κ3) is 3.93. The Labute approximate surface area is 182 Å². The molecule has 7 nitrogen and oxygen atoms in total. The number of aliphatic imine (C=N–C) groups is 1. The summed E-state index contributed by atoms with van der Waals surface area (Å²) in [5.74, 6) is -1.16. The highest BCUT2D eigenvalue weighted by atomic mass is 19.2. The fourth-order valence-electron chi connectivity index (χ4n) is 3.61. The van der Waals surface area contributed by atoms with Crippen LogP contribution >= 0.6 is 0 Å². The first-order valence-corrected chi connectivity index (χ1v) is 10.5. The number of imidazole rings is 1.